The number of rotatable bonds is 3. The second kappa shape index (κ2) is 7.18. The number of aryl methyl sites for hydroxylation is 2. The lowest BCUT2D eigenvalue weighted by molar-refractivity contribution is 0.513. The molecular weight excluding hydrogens is 295 g/mol. The van der Waals surface area contributed by atoms with Gasteiger partial charge in [0.2, 0.25) is 0 Å². The standard InChI is InChI=1S/C22H29P/c1-16-10-8-14-21(18(16)3)23(20-12-6-5-7-13-20)22-15-9-11-17(2)19(22)4/h8-11,14-15,20H,5-7,12-13H2,1-4H3. The van der Waals surface area contributed by atoms with Gasteiger partial charge in [0.1, 0.15) is 0 Å². The molecule has 0 aromatic heterocycles. The van der Waals surface area contributed by atoms with E-state index in [9.17, 15) is 0 Å². The van der Waals surface area contributed by atoms with Crippen LogP contribution in [0.4, 0.5) is 0 Å². The molecular formula is C22H29P. The molecule has 0 radical (unpaired) electrons. The summed E-state index contributed by atoms with van der Waals surface area (Å²) < 4.78 is 0. The summed E-state index contributed by atoms with van der Waals surface area (Å²) in [5, 5.41) is 3.25. The normalized spacial score (nSPS) is 16.0. The van der Waals surface area contributed by atoms with Gasteiger partial charge in [-0.25, -0.2) is 0 Å². The van der Waals surface area contributed by atoms with Crippen LogP contribution in [0.5, 0.6) is 0 Å². The molecule has 1 fully saturated rings. The van der Waals surface area contributed by atoms with E-state index in [1.165, 1.54) is 54.4 Å². The third-order valence-electron chi connectivity index (χ3n) is 5.61. The van der Waals surface area contributed by atoms with Crippen molar-refractivity contribution in [3.05, 3.63) is 58.7 Å². The average molecular weight is 324 g/mol. The van der Waals surface area contributed by atoms with Crippen LogP contribution in [-0.4, -0.2) is 5.66 Å². The number of hydrogen-bond donors (Lipinski definition) is 0. The molecule has 0 bridgehead atoms. The molecule has 0 amide bonds. The maximum atomic E-state index is 2.41. The Balaban J connectivity index is 2.13. The lowest BCUT2D eigenvalue weighted by atomic mass is 10.0. The van der Waals surface area contributed by atoms with Gasteiger partial charge in [0.05, 0.1) is 0 Å². The summed E-state index contributed by atoms with van der Waals surface area (Å²) in [5.41, 5.74) is 6.78. The molecule has 0 aliphatic heterocycles. The zero-order valence-electron chi connectivity index (χ0n) is 15.0. The zero-order valence-corrected chi connectivity index (χ0v) is 15.9. The van der Waals surface area contributed by atoms with Crippen molar-refractivity contribution < 1.29 is 0 Å². The average Bonchev–Trinajstić information content (AvgIpc) is 2.56. The Labute approximate surface area is 143 Å². The first-order valence-corrected chi connectivity index (χ1v) is 10.4. The molecule has 0 spiro atoms. The molecule has 0 N–H and O–H groups in total. The summed E-state index contributed by atoms with van der Waals surface area (Å²) in [6.45, 7) is 9.18. The van der Waals surface area contributed by atoms with Crippen molar-refractivity contribution >= 4 is 18.5 Å². The largest absolute Gasteiger partial charge is 0.0613 e. The van der Waals surface area contributed by atoms with Gasteiger partial charge in [0.15, 0.2) is 0 Å². The van der Waals surface area contributed by atoms with Gasteiger partial charge in [0.25, 0.3) is 0 Å². The van der Waals surface area contributed by atoms with E-state index >= 15 is 0 Å². The zero-order chi connectivity index (χ0) is 16.4. The van der Waals surface area contributed by atoms with Gasteiger partial charge in [-0.3, -0.25) is 0 Å². The van der Waals surface area contributed by atoms with Crippen molar-refractivity contribution in [2.75, 3.05) is 0 Å². The third kappa shape index (κ3) is 3.38. The molecule has 1 saturated carbocycles. The van der Waals surface area contributed by atoms with Gasteiger partial charge in [0, 0.05) is 0 Å². The fourth-order valence-corrected chi connectivity index (χ4v) is 7.35. The van der Waals surface area contributed by atoms with Crippen molar-refractivity contribution in [3.63, 3.8) is 0 Å². The Hall–Kier alpha value is -1.13. The second-order valence-corrected chi connectivity index (χ2v) is 9.53. The Bertz CT molecular complexity index is 629. The fraction of sp³-hybridized carbons (Fsp3) is 0.455. The number of benzene rings is 2. The molecule has 3 rings (SSSR count). The minimum Gasteiger partial charge on any atom is -0.0613 e. The predicted molar refractivity (Wildman–Crippen MR) is 105 cm³/mol. The van der Waals surface area contributed by atoms with E-state index in [1.54, 1.807) is 10.6 Å². The molecule has 1 aliphatic rings. The smallest absolute Gasteiger partial charge is 0.0129 e. The van der Waals surface area contributed by atoms with E-state index in [-0.39, 0.29) is 7.92 Å². The maximum Gasteiger partial charge on any atom is -0.0129 e. The lowest BCUT2D eigenvalue weighted by Crippen LogP contribution is -2.27. The molecule has 2 aromatic carbocycles. The molecule has 0 saturated heterocycles. The van der Waals surface area contributed by atoms with Gasteiger partial charge in [-0.05, 0) is 87.0 Å². The Morgan fingerprint density at radius 3 is 1.65 bits per heavy atom. The molecule has 2 aromatic rings. The summed E-state index contributed by atoms with van der Waals surface area (Å²) in [6, 6.07) is 13.9. The maximum absolute atomic E-state index is 2.41. The first kappa shape index (κ1) is 16.7. The van der Waals surface area contributed by atoms with Crippen molar-refractivity contribution in [1.29, 1.82) is 0 Å². The first-order chi connectivity index (χ1) is 11.1. The molecule has 1 heteroatoms. The highest BCUT2D eigenvalue weighted by Gasteiger charge is 2.28. The van der Waals surface area contributed by atoms with Crippen LogP contribution in [0.2, 0.25) is 0 Å². The molecule has 0 heterocycles. The first-order valence-electron chi connectivity index (χ1n) is 9.01. The van der Waals surface area contributed by atoms with Crippen LogP contribution < -0.4 is 10.6 Å². The van der Waals surface area contributed by atoms with Crippen molar-refractivity contribution in [3.8, 4) is 0 Å². The van der Waals surface area contributed by atoms with Crippen LogP contribution in [0.3, 0.4) is 0 Å². The van der Waals surface area contributed by atoms with Crippen LogP contribution in [0.25, 0.3) is 0 Å². The summed E-state index contributed by atoms with van der Waals surface area (Å²) in [5.74, 6) is 0. The van der Waals surface area contributed by atoms with Gasteiger partial charge in [-0.2, -0.15) is 0 Å². The minimum absolute atomic E-state index is 0.243. The van der Waals surface area contributed by atoms with E-state index in [0.29, 0.717) is 0 Å². The van der Waals surface area contributed by atoms with Gasteiger partial charge in [-0.15, -0.1) is 0 Å². The fourth-order valence-electron chi connectivity index (χ4n) is 3.86. The van der Waals surface area contributed by atoms with E-state index in [1.807, 2.05) is 0 Å². The number of hydrogen-bond acceptors (Lipinski definition) is 0. The van der Waals surface area contributed by atoms with E-state index in [0.717, 1.165) is 5.66 Å². The summed E-state index contributed by atoms with van der Waals surface area (Å²) >= 11 is 0. The molecule has 0 unspecified atom stereocenters. The lowest BCUT2D eigenvalue weighted by Gasteiger charge is -2.34. The van der Waals surface area contributed by atoms with E-state index in [4.69, 9.17) is 0 Å². The minimum atomic E-state index is -0.243. The molecule has 122 valence electrons. The summed E-state index contributed by atoms with van der Waals surface area (Å²) in [6.07, 6.45) is 7.08. The van der Waals surface area contributed by atoms with Crippen LogP contribution in [0.15, 0.2) is 36.4 Å². The van der Waals surface area contributed by atoms with Crippen LogP contribution in [0, 0.1) is 27.7 Å². The van der Waals surface area contributed by atoms with Gasteiger partial charge < -0.3 is 0 Å². The van der Waals surface area contributed by atoms with Crippen LogP contribution in [-0.2, 0) is 0 Å². The van der Waals surface area contributed by atoms with Crippen molar-refractivity contribution in [1.82, 2.24) is 0 Å². The summed E-state index contributed by atoms with van der Waals surface area (Å²) in [7, 11) is -0.243. The third-order valence-corrected chi connectivity index (χ3v) is 8.86. The predicted octanol–water partition coefficient (Wildman–Crippen LogP) is 5.69. The van der Waals surface area contributed by atoms with Crippen LogP contribution >= 0.6 is 7.92 Å². The Kier molecular flexibility index (Phi) is 5.22. The van der Waals surface area contributed by atoms with E-state index in [2.05, 4.69) is 64.1 Å². The molecule has 1 aliphatic carbocycles. The Morgan fingerprint density at radius 2 is 1.17 bits per heavy atom. The topological polar surface area (TPSA) is 0 Å². The van der Waals surface area contributed by atoms with Gasteiger partial charge >= 0.3 is 0 Å². The van der Waals surface area contributed by atoms with Crippen molar-refractivity contribution in [2.45, 2.75) is 65.5 Å². The summed E-state index contributed by atoms with van der Waals surface area (Å²) in [4.78, 5) is 0. The van der Waals surface area contributed by atoms with Gasteiger partial charge in [-0.1, -0.05) is 55.7 Å². The van der Waals surface area contributed by atoms with Crippen molar-refractivity contribution in [2.24, 2.45) is 0 Å². The Morgan fingerprint density at radius 1 is 0.696 bits per heavy atom. The van der Waals surface area contributed by atoms with Crippen LogP contribution in [0.1, 0.15) is 54.4 Å². The highest BCUT2D eigenvalue weighted by molar-refractivity contribution is 7.73. The second-order valence-electron chi connectivity index (χ2n) is 7.10. The highest BCUT2D eigenvalue weighted by Crippen LogP contribution is 2.48. The quantitative estimate of drug-likeness (QED) is 0.637. The highest BCUT2D eigenvalue weighted by atomic mass is 31.1. The van der Waals surface area contributed by atoms with E-state index < -0.39 is 0 Å². The molecule has 0 nitrogen and oxygen atoms in total. The molecule has 0 atom stereocenters. The monoisotopic (exact) mass is 324 g/mol. The molecule has 23 heavy (non-hydrogen) atoms. The SMILES string of the molecule is Cc1cccc(P(c2cccc(C)c2C)C2CCCCC2)c1C.